The molecule has 0 atom stereocenters. The van der Waals surface area contributed by atoms with Crippen LogP contribution in [0.15, 0.2) is 60.7 Å². The van der Waals surface area contributed by atoms with Crippen LogP contribution in [0.4, 0.5) is 0 Å². The summed E-state index contributed by atoms with van der Waals surface area (Å²) in [7, 11) is 0. The molecule has 1 N–H and O–H groups in total. The number of nitrogens with zero attached hydrogens (tertiary/aromatic N) is 1. The quantitative estimate of drug-likeness (QED) is 0.648. The predicted molar refractivity (Wildman–Crippen MR) is 111 cm³/mol. The van der Waals surface area contributed by atoms with Crippen molar-refractivity contribution >= 4 is 16.8 Å². The Kier molecular flexibility index (Phi) is 5.47. The van der Waals surface area contributed by atoms with E-state index in [0.29, 0.717) is 0 Å². The van der Waals surface area contributed by atoms with Crippen LogP contribution < -0.4 is 5.32 Å². The van der Waals surface area contributed by atoms with Gasteiger partial charge in [-0.05, 0) is 25.0 Å². The van der Waals surface area contributed by atoms with Crippen LogP contribution in [0.2, 0.25) is 0 Å². The molecule has 0 radical (unpaired) electrons. The fourth-order valence-electron chi connectivity index (χ4n) is 3.98. The van der Waals surface area contributed by atoms with Gasteiger partial charge >= 0.3 is 0 Å². The average Bonchev–Trinajstić information content (AvgIpc) is 2.69. The number of para-hydroxylation sites is 1. The van der Waals surface area contributed by atoms with Crippen molar-refractivity contribution in [1.29, 1.82) is 0 Å². The first-order chi connectivity index (χ1) is 13.3. The number of aromatic nitrogens is 1. The predicted octanol–water partition coefficient (Wildman–Crippen LogP) is 5.74. The lowest BCUT2D eigenvalue weighted by atomic mass is 9.96. The van der Waals surface area contributed by atoms with Crippen molar-refractivity contribution < 1.29 is 4.79 Å². The maximum absolute atomic E-state index is 13.2. The molecule has 138 valence electrons. The summed E-state index contributed by atoms with van der Waals surface area (Å²) in [4.78, 5) is 18.0. The Morgan fingerprint density at radius 1 is 0.852 bits per heavy atom. The lowest BCUT2D eigenvalue weighted by Crippen LogP contribution is -2.35. The fraction of sp³-hybridized carbons (Fsp3) is 0.333. The van der Waals surface area contributed by atoms with Gasteiger partial charge in [0.2, 0.25) is 0 Å². The van der Waals surface area contributed by atoms with Crippen LogP contribution in [0, 0.1) is 0 Å². The van der Waals surface area contributed by atoms with Crippen molar-refractivity contribution in [3.8, 4) is 11.3 Å². The molecule has 3 nitrogen and oxygen atoms in total. The van der Waals surface area contributed by atoms with Crippen molar-refractivity contribution in [2.75, 3.05) is 0 Å². The molecule has 1 aliphatic rings. The van der Waals surface area contributed by atoms with E-state index in [1.165, 1.54) is 32.1 Å². The summed E-state index contributed by atoms with van der Waals surface area (Å²) < 4.78 is 0. The van der Waals surface area contributed by atoms with Crippen LogP contribution in [-0.2, 0) is 0 Å². The Morgan fingerprint density at radius 2 is 1.52 bits per heavy atom. The molecule has 3 heteroatoms. The highest BCUT2D eigenvalue weighted by molar-refractivity contribution is 6.07. The first kappa shape index (κ1) is 17.7. The minimum atomic E-state index is 0.0244. The Labute approximate surface area is 160 Å². The number of hydrogen-bond donors (Lipinski definition) is 1. The van der Waals surface area contributed by atoms with Crippen LogP contribution in [0.3, 0.4) is 0 Å². The van der Waals surface area contributed by atoms with Crippen molar-refractivity contribution in [3.63, 3.8) is 0 Å². The lowest BCUT2D eigenvalue weighted by molar-refractivity contribution is 0.0932. The minimum absolute atomic E-state index is 0.0244. The highest BCUT2D eigenvalue weighted by Crippen LogP contribution is 2.25. The van der Waals surface area contributed by atoms with Crippen LogP contribution in [0.25, 0.3) is 22.2 Å². The minimum Gasteiger partial charge on any atom is -0.349 e. The zero-order valence-electron chi connectivity index (χ0n) is 15.7. The highest BCUT2D eigenvalue weighted by atomic mass is 16.1. The number of carbonyl (C=O) groups excluding carboxylic acids is 1. The van der Waals surface area contributed by atoms with Crippen LogP contribution in [0.5, 0.6) is 0 Å². The van der Waals surface area contributed by atoms with E-state index in [-0.39, 0.29) is 11.9 Å². The Bertz CT molecular complexity index is 912. The third-order valence-electron chi connectivity index (χ3n) is 5.47. The molecule has 1 fully saturated rings. The molecule has 1 heterocycles. The summed E-state index contributed by atoms with van der Waals surface area (Å²) in [6, 6.07) is 20.2. The number of hydrogen-bond acceptors (Lipinski definition) is 2. The number of pyridine rings is 1. The standard InChI is InChI=1S/C24H26N2O/c27-24(25-19-13-7-2-1-3-8-14-19)21-17-23(18-11-5-4-6-12-18)26-22-16-10-9-15-20(21)22/h4-6,9-12,15-17,19H,1-3,7-8,13-14H2,(H,25,27). The molecule has 1 aliphatic carbocycles. The molecule has 27 heavy (non-hydrogen) atoms. The van der Waals surface area contributed by atoms with Crippen molar-refractivity contribution in [2.45, 2.75) is 51.0 Å². The van der Waals surface area contributed by atoms with Crippen molar-refractivity contribution in [2.24, 2.45) is 0 Å². The van der Waals surface area contributed by atoms with Gasteiger partial charge in [0.15, 0.2) is 0 Å². The smallest absolute Gasteiger partial charge is 0.252 e. The maximum Gasteiger partial charge on any atom is 0.252 e. The molecule has 4 rings (SSSR count). The van der Waals surface area contributed by atoms with Gasteiger partial charge in [-0.2, -0.15) is 0 Å². The first-order valence-corrected chi connectivity index (χ1v) is 10.1. The van der Waals surface area contributed by atoms with E-state index in [9.17, 15) is 4.79 Å². The normalized spacial score (nSPS) is 15.9. The summed E-state index contributed by atoms with van der Waals surface area (Å²) in [6.45, 7) is 0. The summed E-state index contributed by atoms with van der Waals surface area (Å²) in [5.74, 6) is 0.0244. The molecular weight excluding hydrogens is 332 g/mol. The van der Waals surface area contributed by atoms with E-state index in [1.807, 2.05) is 60.7 Å². The van der Waals surface area contributed by atoms with Gasteiger partial charge in [-0.3, -0.25) is 4.79 Å². The number of rotatable bonds is 3. The number of amides is 1. The Hall–Kier alpha value is -2.68. The zero-order chi connectivity index (χ0) is 18.5. The third kappa shape index (κ3) is 4.19. The summed E-state index contributed by atoms with van der Waals surface area (Å²) >= 11 is 0. The summed E-state index contributed by atoms with van der Waals surface area (Å²) in [5, 5.41) is 4.22. The van der Waals surface area contributed by atoms with Gasteiger partial charge in [-0.15, -0.1) is 0 Å². The van der Waals surface area contributed by atoms with Gasteiger partial charge < -0.3 is 5.32 Å². The summed E-state index contributed by atoms with van der Waals surface area (Å²) in [6.07, 6.45) is 8.47. The molecule has 0 saturated heterocycles. The van der Waals surface area contributed by atoms with Gasteiger partial charge in [0.25, 0.3) is 5.91 Å². The topological polar surface area (TPSA) is 42.0 Å². The van der Waals surface area contributed by atoms with Crippen molar-refractivity contribution in [1.82, 2.24) is 10.3 Å². The number of benzene rings is 2. The Balaban J connectivity index is 1.67. The Morgan fingerprint density at radius 3 is 2.30 bits per heavy atom. The van der Waals surface area contributed by atoms with Crippen LogP contribution in [-0.4, -0.2) is 16.9 Å². The second-order valence-corrected chi connectivity index (χ2v) is 7.45. The van der Waals surface area contributed by atoms with E-state index in [0.717, 1.165) is 40.6 Å². The lowest BCUT2D eigenvalue weighted by Gasteiger charge is -2.21. The number of nitrogens with one attached hydrogen (secondary N) is 1. The number of carbonyl (C=O) groups is 1. The molecule has 1 saturated carbocycles. The molecule has 0 spiro atoms. The fourth-order valence-corrected chi connectivity index (χ4v) is 3.98. The van der Waals surface area contributed by atoms with Crippen molar-refractivity contribution in [3.05, 3.63) is 66.2 Å². The van der Waals surface area contributed by atoms with Crippen LogP contribution >= 0.6 is 0 Å². The molecule has 1 amide bonds. The maximum atomic E-state index is 13.2. The van der Waals surface area contributed by atoms with E-state index in [2.05, 4.69) is 5.32 Å². The molecule has 3 aromatic rings. The van der Waals surface area contributed by atoms with Gasteiger partial charge in [-0.25, -0.2) is 4.98 Å². The molecule has 0 bridgehead atoms. The monoisotopic (exact) mass is 358 g/mol. The third-order valence-corrected chi connectivity index (χ3v) is 5.47. The van der Waals surface area contributed by atoms with Gasteiger partial charge in [0.1, 0.15) is 0 Å². The van der Waals surface area contributed by atoms with E-state index >= 15 is 0 Å². The van der Waals surface area contributed by atoms with Gasteiger partial charge in [-0.1, -0.05) is 80.6 Å². The van der Waals surface area contributed by atoms with E-state index < -0.39 is 0 Å². The second-order valence-electron chi connectivity index (χ2n) is 7.45. The summed E-state index contributed by atoms with van der Waals surface area (Å²) in [5.41, 5.74) is 3.46. The molecule has 0 unspecified atom stereocenters. The SMILES string of the molecule is O=C(NC1CCCCCCC1)c1cc(-c2ccccc2)nc2ccccc12. The molecule has 0 aliphatic heterocycles. The first-order valence-electron chi connectivity index (χ1n) is 10.1. The zero-order valence-corrected chi connectivity index (χ0v) is 15.7. The van der Waals surface area contributed by atoms with Gasteiger partial charge in [0.05, 0.1) is 16.8 Å². The van der Waals surface area contributed by atoms with Crippen LogP contribution in [0.1, 0.15) is 55.3 Å². The van der Waals surface area contributed by atoms with Gasteiger partial charge in [0, 0.05) is 17.0 Å². The highest BCUT2D eigenvalue weighted by Gasteiger charge is 2.18. The molecule has 2 aromatic carbocycles. The molecule has 1 aromatic heterocycles. The average molecular weight is 358 g/mol. The second kappa shape index (κ2) is 8.34. The van der Waals surface area contributed by atoms with E-state index in [1.54, 1.807) is 0 Å². The molecular formula is C24H26N2O. The number of fused-ring (bicyclic) bond motifs is 1. The largest absolute Gasteiger partial charge is 0.349 e. The van der Waals surface area contributed by atoms with E-state index in [4.69, 9.17) is 4.98 Å².